The Bertz CT molecular complexity index is 382. The number of hydrogen-bond acceptors (Lipinski definition) is 2. The van der Waals surface area contributed by atoms with E-state index >= 15 is 0 Å². The number of carbonyl (C=O) groups is 1. The fourth-order valence-corrected chi connectivity index (χ4v) is 1.35. The molecule has 0 aliphatic heterocycles. The molecular formula is C9H6BrNO2. The lowest BCUT2D eigenvalue weighted by Crippen LogP contribution is -2.01. The zero-order valence-electron chi connectivity index (χ0n) is 6.62. The Labute approximate surface area is 83.7 Å². The number of nitriles is 1. The molecule has 0 fully saturated rings. The Hall–Kier alpha value is -1.34. The van der Waals surface area contributed by atoms with Crippen molar-refractivity contribution in [2.75, 3.05) is 0 Å². The molecule has 0 aromatic heterocycles. The summed E-state index contributed by atoms with van der Waals surface area (Å²) in [5.74, 6) is -1.01. The minimum absolute atomic E-state index is 0.120. The van der Waals surface area contributed by atoms with Crippen molar-refractivity contribution in [3.63, 3.8) is 0 Å². The summed E-state index contributed by atoms with van der Waals surface area (Å²) >= 11 is 3.17. The summed E-state index contributed by atoms with van der Waals surface area (Å²) in [6.45, 7) is 0. The van der Waals surface area contributed by atoms with E-state index in [0.29, 0.717) is 10.0 Å². The summed E-state index contributed by atoms with van der Waals surface area (Å²) in [6.07, 6.45) is 0.120. The monoisotopic (exact) mass is 239 g/mol. The molecule has 1 aromatic carbocycles. The molecule has 66 valence electrons. The van der Waals surface area contributed by atoms with E-state index in [1.807, 2.05) is 6.07 Å². The van der Waals surface area contributed by atoms with E-state index in [4.69, 9.17) is 10.4 Å². The summed E-state index contributed by atoms with van der Waals surface area (Å²) in [5.41, 5.74) is 0.717. The molecular weight excluding hydrogens is 234 g/mol. The van der Waals surface area contributed by atoms with E-state index < -0.39 is 5.97 Å². The lowest BCUT2D eigenvalue weighted by molar-refractivity contribution is 0.0696. The normalized spacial score (nSPS) is 9.23. The van der Waals surface area contributed by atoms with Crippen molar-refractivity contribution in [3.05, 3.63) is 33.8 Å². The molecule has 0 aliphatic rings. The predicted molar refractivity (Wildman–Crippen MR) is 50.4 cm³/mol. The van der Waals surface area contributed by atoms with Crippen molar-refractivity contribution in [3.8, 4) is 6.07 Å². The number of hydrogen-bond donors (Lipinski definition) is 1. The highest BCUT2D eigenvalue weighted by Gasteiger charge is 2.09. The molecule has 1 rings (SSSR count). The molecule has 0 saturated heterocycles. The standard InChI is InChI=1S/C9H6BrNO2/c10-7-2-1-6(3-4-11)8(5-7)9(12)13/h1-2,5H,3H2,(H,12,13). The second kappa shape index (κ2) is 4.06. The van der Waals surface area contributed by atoms with Crippen LogP contribution < -0.4 is 0 Å². The van der Waals surface area contributed by atoms with Gasteiger partial charge in [0.15, 0.2) is 0 Å². The van der Waals surface area contributed by atoms with Gasteiger partial charge >= 0.3 is 5.97 Å². The number of halogens is 1. The Morgan fingerprint density at radius 2 is 2.31 bits per heavy atom. The first-order valence-corrected chi connectivity index (χ1v) is 4.33. The van der Waals surface area contributed by atoms with Crippen LogP contribution in [-0.4, -0.2) is 11.1 Å². The molecule has 0 atom stereocenters. The van der Waals surface area contributed by atoms with Crippen LogP contribution >= 0.6 is 15.9 Å². The van der Waals surface area contributed by atoms with Crippen LogP contribution in [0.15, 0.2) is 22.7 Å². The Morgan fingerprint density at radius 3 is 2.85 bits per heavy atom. The Balaban J connectivity index is 3.20. The molecule has 1 N–H and O–H groups in total. The van der Waals surface area contributed by atoms with Crippen LogP contribution in [0.5, 0.6) is 0 Å². The molecule has 0 radical (unpaired) electrons. The highest BCUT2D eigenvalue weighted by atomic mass is 79.9. The maximum Gasteiger partial charge on any atom is 0.336 e. The summed E-state index contributed by atoms with van der Waals surface area (Å²) in [6, 6.07) is 6.77. The largest absolute Gasteiger partial charge is 0.478 e. The molecule has 0 heterocycles. The molecule has 0 spiro atoms. The third kappa shape index (κ3) is 2.30. The second-order valence-corrected chi connectivity index (χ2v) is 3.36. The number of rotatable bonds is 2. The van der Waals surface area contributed by atoms with Gasteiger partial charge in [0.1, 0.15) is 0 Å². The lowest BCUT2D eigenvalue weighted by atomic mass is 10.1. The molecule has 3 nitrogen and oxygen atoms in total. The van der Waals surface area contributed by atoms with Gasteiger partial charge in [-0.2, -0.15) is 5.26 Å². The Kier molecular flexibility index (Phi) is 3.04. The first-order chi connectivity index (χ1) is 6.15. The van der Waals surface area contributed by atoms with Crippen molar-refractivity contribution < 1.29 is 9.90 Å². The number of nitrogens with zero attached hydrogens (tertiary/aromatic N) is 1. The van der Waals surface area contributed by atoms with Gasteiger partial charge in [0, 0.05) is 4.47 Å². The van der Waals surface area contributed by atoms with Crippen molar-refractivity contribution in [1.29, 1.82) is 5.26 Å². The van der Waals surface area contributed by atoms with E-state index in [2.05, 4.69) is 15.9 Å². The van der Waals surface area contributed by atoms with Crippen molar-refractivity contribution >= 4 is 21.9 Å². The first kappa shape index (κ1) is 9.75. The van der Waals surface area contributed by atoms with E-state index in [1.54, 1.807) is 12.1 Å². The molecule has 0 aliphatic carbocycles. The van der Waals surface area contributed by atoms with E-state index in [-0.39, 0.29) is 12.0 Å². The lowest BCUT2D eigenvalue weighted by Gasteiger charge is -2.01. The first-order valence-electron chi connectivity index (χ1n) is 3.54. The molecule has 0 amide bonds. The molecule has 4 heteroatoms. The highest BCUT2D eigenvalue weighted by Crippen LogP contribution is 2.17. The SMILES string of the molecule is N#CCc1ccc(Br)cc1C(=O)O. The quantitative estimate of drug-likeness (QED) is 0.861. The average molecular weight is 240 g/mol. The summed E-state index contributed by atoms with van der Waals surface area (Å²) in [5, 5.41) is 17.2. The topological polar surface area (TPSA) is 61.1 Å². The minimum atomic E-state index is -1.01. The van der Waals surface area contributed by atoms with Crippen LogP contribution in [0.1, 0.15) is 15.9 Å². The predicted octanol–water partition coefficient (Wildman–Crippen LogP) is 2.21. The van der Waals surface area contributed by atoms with Crippen LogP contribution in [0.2, 0.25) is 0 Å². The van der Waals surface area contributed by atoms with Crippen LogP contribution in [0, 0.1) is 11.3 Å². The van der Waals surface area contributed by atoms with Gasteiger partial charge in [0.25, 0.3) is 0 Å². The Morgan fingerprint density at radius 1 is 1.62 bits per heavy atom. The molecule has 13 heavy (non-hydrogen) atoms. The number of carboxylic acid groups (broad SMARTS) is 1. The van der Waals surface area contributed by atoms with E-state index in [0.717, 1.165) is 0 Å². The fourth-order valence-electron chi connectivity index (χ4n) is 0.987. The fraction of sp³-hybridized carbons (Fsp3) is 0.111. The van der Waals surface area contributed by atoms with Gasteiger partial charge < -0.3 is 5.11 Å². The molecule has 0 unspecified atom stereocenters. The zero-order chi connectivity index (χ0) is 9.84. The van der Waals surface area contributed by atoms with E-state index in [1.165, 1.54) is 6.07 Å². The third-order valence-electron chi connectivity index (χ3n) is 1.57. The maximum absolute atomic E-state index is 10.7. The average Bonchev–Trinajstić information content (AvgIpc) is 2.08. The van der Waals surface area contributed by atoms with Gasteiger partial charge in [0.2, 0.25) is 0 Å². The van der Waals surface area contributed by atoms with Gasteiger partial charge in [-0.1, -0.05) is 22.0 Å². The smallest absolute Gasteiger partial charge is 0.336 e. The van der Waals surface area contributed by atoms with Crippen molar-refractivity contribution in [1.82, 2.24) is 0 Å². The van der Waals surface area contributed by atoms with Crippen LogP contribution in [-0.2, 0) is 6.42 Å². The van der Waals surface area contributed by atoms with E-state index in [9.17, 15) is 4.79 Å². The van der Waals surface area contributed by atoms with Crippen LogP contribution in [0.25, 0.3) is 0 Å². The van der Waals surface area contributed by atoms with Gasteiger partial charge in [-0.05, 0) is 17.7 Å². The minimum Gasteiger partial charge on any atom is -0.478 e. The van der Waals surface area contributed by atoms with Gasteiger partial charge in [0.05, 0.1) is 18.1 Å². The number of carboxylic acids is 1. The van der Waals surface area contributed by atoms with Gasteiger partial charge in [-0.25, -0.2) is 4.79 Å². The number of benzene rings is 1. The second-order valence-electron chi connectivity index (χ2n) is 2.44. The molecule has 0 saturated carbocycles. The van der Waals surface area contributed by atoms with Crippen molar-refractivity contribution in [2.45, 2.75) is 6.42 Å². The third-order valence-corrected chi connectivity index (χ3v) is 2.07. The summed E-state index contributed by atoms with van der Waals surface area (Å²) in [7, 11) is 0. The van der Waals surface area contributed by atoms with Crippen molar-refractivity contribution in [2.24, 2.45) is 0 Å². The van der Waals surface area contributed by atoms with Gasteiger partial charge in [-0.3, -0.25) is 0 Å². The van der Waals surface area contributed by atoms with Crippen LogP contribution in [0.3, 0.4) is 0 Å². The van der Waals surface area contributed by atoms with Crippen LogP contribution in [0.4, 0.5) is 0 Å². The maximum atomic E-state index is 10.7. The van der Waals surface area contributed by atoms with Gasteiger partial charge in [-0.15, -0.1) is 0 Å². The molecule has 1 aromatic rings. The summed E-state index contributed by atoms with van der Waals surface area (Å²) in [4.78, 5) is 10.7. The highest BCUT2D eigenvalue weighted by molar-refractivity contribution is 9.10. The molecule has 0 bridgehead atoms. The number of aromatic carboxylic acids is 1. The zero-order valence-corrected chi connectivity index (χ0v) is 8.21. The summed E-state index contributed by atoms with van der Waals surface area (Å²) < 4.78 is 0.701.